The molecule has 1 aliphatic rings. The number of nitrogens with one attached hydrogen (secondary N) is 1. The van der Waals surface area contributed by atoms with E-state index in [4.69, 9.17) is 0 Å². The third-order valence-electron chi connectivity index (χ3n) is 4.89. The summed E-state index contributed by atoms with van der Waals surface area (Å²) in [6.07, 6.45) is 0. The highest BCUT2D eigenvalue weighted by Gasteiger charge is 2.16. The van der Waals surface area contributed by atoms with Crippen molar-refractivity contribution in [1.29, 1.82) is 0 Å². The molecule has 0 radical (unpaired) electrons. The normalized spacial score (nSPS) is 18.2. The van der Waals surface area contributed by atoms with Gasteiger partial charge in [0.05, 0.1) is 0 Å². The van der Waals surface area contributed by atoms with Crippen LogP contribution in [-0.2, 0) is 6.54 Å². The lowest BCUT2D eigenvalue weighted by Crippen LogP contribution is -2.47. The van der Waals surface area contributed by atoms with E-state index in [1.807, 2.05) is 7.05 Å². The molecular formula is C20H35N5. The molecule has 5 heteroatoms. The number of aryl methyl sites for hydroxylation is 1. The average Bonchev–Trinajstić information content (AvgIpc) is 2.59. The van der Waals surface area contributed by atoms with E-state index >= 15 is 0 Å². The molecule has 0 bridgehead atoms. The summed E-state index contributed by atoms with van der Waals surface area (Å²) in [5.41, 5.74) is 2.60. The monoisotopic (exact) mass is 345 g/mol. The van der Waals surface area contributed by atoms with Crippen LogP contribution in [0.4, 0.5) is 0 Å². The van der Waals surface area contributed by atoms with Crippen molar-refractivity contribution in [3.63, 3.8) is 0 Å². The lowest BCUT2D eigenvalue weighted by Gasteiger charge is -2.34. The Morgan fingerprint density at radius 2 is 1.84 bits per heavy atom. The fourth-order valence-electron chi connectivity index (χ4n) is 3.23. The molecule has 1 N–H and O–H groups in total. The average molecular weight is 346 g/mol. The van der Waals surface area contributed by atoms with Crippen LogP contribution in [0.25, 0.3) is 0 Å². The number of hydrogen-bond donors (Lipinski definition) is 1. The standard InChI is InChI=1S/C20H35N5/c1-17-6-8-19(9-7-17)16-24(5)20(21-3)22-14-18(2)15-25-12-10-23(4)11-13-25/h6-9,18H,10-16H2,1-5H3,(H,21,22). The second-order valence-electron chi connectivity index (χ2n) is 7.48. The molecule has 0 amide bonds. The van der Waals surface area contributed by atoms with Crippen molar-refractivity contribution < 1.29 is 0 Å². The van der Waals surface area contributed by atoms with Gasteiger partial charge in [-0.15, -0.1) is 0 Å². The van der Waals surface area contributed by atoms with E-state index in [-0.39, 0.29) is 0 Å². The molecular weight excluding hydrogens is 310 g/mol. The molecule has 25 heavy (non-hydrogen) atoms. The van der Waals surface area contributed by atoms with Crippen molar-refractivity contribution in [2.45, 2.75) is 20.4 Å². The predicted molar refractivity (Wildman–Crippen MR) is 107 cm³/mol. The Balaban J connectivity index is 1.75. The third-order valence-corrected chi connectivity index (χ3v) is 4.89. The van der Waals surface area contributed by atoms with E-state index in [2.05, 4.69) is 77.2 Å². The fraction of sp³-hybridized carbons (Fsp3) is 0.650. The maximum atomic E-state index is 4.44. The van der Waals surface area contributed by atoms with Crippen molar-refractivity contribution in [1.82, 2.24) is 20.0 Å². The van der Waals surface area contributed by atoms with Crippen LogP contribution in [0.2, 0.25) is 0 Å². The maximum Gasteiger partial charge on any atom is 0.193 e. The lowest BCUT2D eigenvalue weighted by molar-refractivity contribution is 0.139. The number of hydrogen-bond acceptors (Lipinski definition) is 3. The molecule has 0 aromatic heterocycles. The van der Waals surface area contributed by atoms with Crippen LogP contribution in [0.5, 0.6) is 0 Å². The van der Waals surface area contributed by atoms with Gasteiger partial charge in [-0.2, -0.15) is 0 Å². The Hall–Kier alpha value is -1.59. The van der Waals surface area contributed by atoms with Crippen molar-refractivity contribution in [2.24, 2.45) is 10.9 Å². The maximum absolute atomic E-state index is 4.44. The van der Waals surface area contributed by atoms with Crippen molar-refractivity contribution >= 4 is 5.96 Å². The number of guanidine groups is 1. The molecule has 1 fully saturated rings. The molecule has 0 aliphatic carbocycles. The number of aliphatic imine (C=N–C) groups is 1. The highest BCUT2D eigenvalue weighted by Crippen LogP contribution is 2.07. The molecule has 1 heterocycles. The Morgan fingerprint density at radius 3 is 2.44 bits per heavy atom. The van der Waals surface area contributed by atoms with Gasteiger partial charge < -0.3 is 20.0 Å². The number of benzene rings is 1. The van der Waals surface area contributed by atoms with Crippen LogP contribution in [0, 0.1) is 12.8 Å². The summed E-state index contributed by atoms with van der Waals surface area (Å²) in [7, 11) is 6.16. The highest BCUT2D eigenvalue weighted by molar-refractivity contribution is 5.79. The molecule has 1 atom stereocenters. The van der Waals surface area contributed by atoms with E-state index in [9.17, 15) is 0 Å². The molecule has 0 saturated carbocycles. The fourth-order valence-corrected chi connectivity index (χ4v) is 3.23. The topological polar surface area (TPSA) is 34.1 Å². The minimum Gasteiger partial charge on any atom is -0.356 e. The van der Waals surface area contributed by atoms with E-state index < -0.39 is 0 Å². The number of likely N-dealkylation sites (N-methyl/N-ethyl adjacent to an activating group) is 1. The summed E-state index contributed by atoms with van der Waals surface area (Å²) in [6, 6.07) is 8.71. The molecule has 1 saturated heterocycles. The second kappa shape index (κ2) is 9.78. The molecule has 2 rings (SSSR count). The van der Waals surface area contributed by atoms with Gasteiger partial charge >= 0.3 is 0 Å². The van der Waals surface area contributed by atoms with Gasteiger partial charge in [0.25, 0.3) is 0 Å². The Bertz CT molecular complexity index is 532. The first kappa shape index (κ1) is 19.7. The van der Waals surface area contributed by atoms with Gasteiger partial charge in [-0.1, -0.05) is 36.8 Å². The summed E-state index contributed by atoms with van der Waals surface area (Å²) in [5, 5.41) is 3.54. The zero-order chi connectivity index (χ0) is 18.2. The molecule has 5 nitrogen and oxygen atoms in total. The molecule has 1 aliphatic heterocycles. The predicted octanol–water partition coefficient (Wildman–Crippen LogP) is 1.89. The molecule has 1 aromatic carbocycles. The number of rotatable bonds is 6. The molecule has 1 aromatic rings. The van der Waals surface area contributed by atoms with Crippen LogP contribution in [0.15, 0.2) is 29.3 Å². The third kappa shape index (κ3) is 6.67. The van der Waals surface area contributed by atoms with Crippen LogP contribution >= 0.6 is 0 Å². The van der Waals surface area contributed by atoms with Crippen LogP contribution < -0.4 is 5.32 Å². The summed E-state index contributed by atoms with van der Waals surface area (Å²) in [6.45, 7) is 12.1. The summed E-state index contributed by atoms with van der Waals surface area (Å²) < 4.78 is 0. The van der Waals surface area contributed by atoms with Gasteiger partial charge in [-0.05, 0) is 25.5 Å². The SMILES string of the molecule is CN=C(NCC(C)CN1CCN(C)CC1)N(C)Cc1ccc(C)cc1. The first-order chi connectivity index (χ1) is 12.0. The van der Waals surface area contributed by atoms with Gasteiger partial charge in [0, 0.05) is 59.9 Å². The van der Waals surface area contributed by atoms with E-state index in [1.54, 1.807) is 0 Å². The van der Waals surface area contributed by atoms with Gasteiger partial charge in [0.2, 0.25) is 0 Å². The van der Waals surface area contributed by atoms with Crippen LogP contribution in [-0.4, -0.2) is 81.1 Å². The summed E-state index contributed by atoms with van der Waals surface area (Å²) in [5.74, 6) is 1.57. The minimum absolute atomic E-state index is 0.605. The Kier molecular flexibility index (Phi) is 7.72. The molecule has 0 spiro atoms. The van der Waals surface area contributed by atoms with E-state index in [1.165, 1.54) is 37.3 Å². The summed E-state index contributed by atoms with van der Waals surface area (Å²) in [4.78, 5) is 11.6. The largest absolute Gasteiger partial charge is 0.356 e. The number of piperazine rings is 1. The number of nitrogens with zero attached hydrogens (tertiary/aromatic N) is 4. The van der Waals surface area contributed by atoms with E-state index in [0.717, 1.165) is 25.6 Å². The smallest absolute Gasteiger partial charge is 0.193 e. The van der Waals surface area contributed by atoms with Gasteiger partial charge in [-0.3, -0.25) is 4.99 Å². The van der Waals surface area contributed by atoms with Crippen LogP contribution in [0.1, 0.15) is 18.1 Å². The van der Waals surface area contributed by atoms with Gasteiger partial charge in [0.15, 0.2) is 5.96 Å². The highest BCUT2D eigenvalue weighted by atomic mass is 15.3. The van der Waals surface area contributed by atoms with Crippen molar-refractivity contribution in [2.75, 3.05) is 60.4 Å². The zero-order valence-electron chi connectivity index (χ0n) is 16.6. The summed E-state index contributed by atoms with van der Waals surface area (Å²) >= 11 is 0. The van der Waals surface area contributed by atoms with Crippen LogP contribution in [0.3, 0.4) is 0 Å². The van der Waals surface area contributed by atoms with Crippen molar-refractivity contribution in [3.8, 4) is 0 Å². The first-order valence-corrected chi connectivity index (χ1v) is 9.36. The van der Waals surface area contributed by atoms with Gasteiger partial charge in [-0.25, -0.2) is 0 Å². The van der Waals surface area contributed by atoms with Crippen molar-refractivity contribution in [3.05, 3.63) is 35.4 Å². The first-order valence-electron chi connectivity index (χ1n) is 9.36. The molecule has 1 unspecified atom stereocenters. The van der Waals surface area contributed by atoms with Gasteiger partial charge in [0.1, 0.15) is 0 Å². The molecule has 140 valence electrons. The Labute approximate surface area is 153 Å². The van der Waals surface area contributed by atoms with E-state index in [0.29, 0.717) is 5.92 Å². The second-order valence-corrected chi connectivity index (χ2v) is 7.48. The minimum atomic E-state index is 0.605. The zero-order valence-corrected chi connectivity index (χ0v) is 16.6. The Morgan fingerprint density at radius 1 is 1.20 bits per heavy atom. The quantitative estimate of drug-likeness (QED) is 0.631. The lowest BCUT2D eigenvalue weighted by atomic mass is 10.1.